The number of fused-ring (bicyclic) bond motifs is 1. The van der Waals surface area contributed by atoms with Gasteiger partial charge in [-0.15, -0.1) is 5.10 Å². The molecule has 0 aromatic carbocycles. The van der Waals surface area contributed by atoms with Crippen molar-refractivity contribution in [3.05, 3.63) is 11.9 Å². The van der Waals surface area contributed by atoms with Crippen molar-refractivity contribution in [2.24, 2.45) is 5.92 Å². The highest BCUT2D eigenvalue weighted by Crippen LogP contribution is 2.36. The van der Waals surface area contributed by atoms with E-state index < -0.39 is 0 Å². The second-order valence-corrected chi connectivity index (χ2v) is 4.36. The third kappa shape index (κ3) is 1.43. The molecule has 1 atom stereocenters. The molecule has 0 bridgehead atoms. The largest absolute Gasteiger partial charge is 0.376 e. The molecule has 3 heteroatoms. The number of hydrogen-bond acceptors (Lipinski definition) is 1. The van der Waals surface area contributed by atoms with E-state index in [2.05, 4.69) is 15.5 Å². The smallest absolute Gasteiger partial charge is 0.216 e. The van der Waals surface area contributed by atoms with Crippen LogP contribution >= 0.6 is 0 Å². The van der Waals surface area contributed by atoms with Crippen molar-refractivity contribution >= 4 is 5.69 Å². The first-order valence-corrected chi connectivity index (χ1v) is 5.26. The first-order valence-electron chi connectivity index (χ1n) is 5.26. The minimum absolute atomic E-state index is 0.726. The van der Waals surface area contributed by atoms with E-state index in [1.54, 1.807) is 0 Å². The Hall–Kier alpha value is -0.990. The SMILES string of the molecule is c1[nH+][nH]c2c1NC(CC1CC1)CC2. The highest BCUT2D eigenvalue weighted by molar-refractivity contribution is 5.47. The molecule has 1 aliphatic carbocycles. The summed E-state index contributed by atoms with van der Waals surface area (Å²) in [5, 5.41) is 9.79. The van der Waals surface area contributed by atoms with Gasteiger partial charge in [-0.1, -0.05) is 12.8 Å². The van der Waals surface area contributed by atoms with Gasteiger partial charge < -0.3 is 5.32 Å². The van der Waals surface area contributed by atoms with Gasteiger partial charge in [-0.2, -0.15) is 5.10 Å². The standard InChI is InChI=1S/C10H15N3/c1-2-7(1)5-8-3-4-9-10(12-8)6-11-13-9/h6-8,12H,1-5H2,(H,11,13)/p+1. The lowest BCUT2D eigenvalue weighted by Crippen LogP contribution is -2.25. The van der Waals surface area contributed by atoms with E-state index in [-0.39, 0.29) is 0 Å². The van der Waals surface area contributed by atoms with Gasteiger partial charge >= 0.3 is 0 Å². The number of rotatable bonds is 2. The predicted octanol–water partition coefficient (Wildman–Crippen LogP) is 1.36. The van der Waals surface area contributed by atoms with Crippen molar-refractivity contribution in [1.29, 1.82) is 0 Å². The number of aromatic amines is 2. The zero-order valence-corrected chi connectivity index (χ0v) is 7.77. The number of aromatic nitrogens is 2. The second-order valence-electron chi connectivity index (χ2n) is 4.36. The van der Waals surface area contributed by atoms with Crippen LogP contribution in [0.25, 0.3) is 0 Å². The Balaban J connectivity index is 1.69. The Morgan fingerprint density at radius 1 is 1.38 bits per heavy atom. The maximum Gasteiger partial charge on any atom is 0.216 e. The third-order valence-electron chi connectivity index (χ3n) is 3.18. The van der Waals surface area contributed by atoms with Crippen LogP contribution in [0.2, 0.25) is 0 Å². The van der Waals surface area contributed by atoms with Gasteiger partial charge in [-0.05, 0) is 25.2 Å². The lowest BCUT2D eigenvalue weighted by Gasteiger charge is -2.22. The first kappa shape index (κ1) is 7.42. The van der Waals surface area contributed by atoms with Gasteiger partial charge in [0.2, 0.25) is 6.20 Å². The van der Waals surface area contributed by atoms with Crippen molar-refractivity contribution in [3.8, 4) is 0 Å². The van der Waals surface area contributed by atoms with Crippen molar-refractivity contribution in [3.63, 3.8) is 0 Å². The maximum absolute atomic E-state index is 3.59. The molecule has 0 radical (unpaired) electrons. The van der Waals surface area contributed by atoms with Gasteiger partial charge in [0, 0.05) is 6.04 Å². The molecular weight excluding hydrogens is 162 g/mol. The Labute approximate surface area is 77.9 Å². The van der Waals surface area contributed by atoms with Crippen LogP contribution in [-0.2, 0) is 6.42 Å². The van der Waals surface area contributed by atoms with E-state index in [9.17, 15) is 0 Å². The summed E-state index contributed by atoms with van der Waals surface area (Å²) in [6.07, 6.45) is 8.83. The number of aryl methyl sites for hydroxylation is 1. The molecule has 1 fully saturated rings. The normalized spacial score (nSPS) is 26.6. The molecule has 13 heavy (non-hydrogen) atoms. The zero-order valence-electron chi connectivity index (χ0n) is 7.77. The van der Waals surface area contributed by atoms with Gasteiger partial charge in [0.05, 0.1) is 0 Å². The molecule has 1 aliphatic heterocycles. The van der Waals surface area contributed by atoms with Crippen molar-refractivity contribution in [1.82, 2.24) is 5.10 Å². The monoisotopic (exact) mass is 178 g/mol. The Kier molecular flexibility index (Phi) is 1.57. The topological polar surface area (TPSA) is 42.0 Å². The summed E-state index contributed by atoms with van der Waals surface area (Å²) in [6.45, 7) is 0. The van der Waals surface area contributed by atoms with Crippen LogP contribution in [0.15, 0.2) is 6.20 Å². The van der Waals surface area contributed by atoms with E-state index in [1.807, 2.05) is 6.20 Å². The van der Waals surface area contributed by atoms with Gasteiger partial charge in [0.25, 0.3) is 0 Å². The summed E-state index contributed by atoms with van der Waals surface area (Å²) in [4.78, 5) is 0. The van der Waals surface area contributed by atoms with Crippen molar-refractivity contribution in [2.45, 2.75) is 38.1 Å². The minimum atomic E-state index is 0.726. The molecule has 0 amide bonds. The molecule has 0 saturated heterocycles. The summed E-state index contributed by atoms with van der Waals surface area (Å²) in [6, 6.07) is 0.726. The Morgan fingerprint density at radius 3 is 3.15 bits per heavy atom. The molecule has 3 nitrogen and oxygen atoms in total. The summed E-state index contributed by atoms with van der Waals surface area (Å²) in [5.41, 5.74) is 2.63. The van der Waals surface area contributed by atoms with Crippen LogP contribution in [0, 0.1) is 5.92 Å². The van der Waals surface area contributed by atoms with Crippen LogP contribution in [-0.4, -0.2) is 11.1 Å². The third-order valence-corrected chi connectivity index (χ3v) is 3.18. The van der Waals surface area contributed by atoms with Crippen LogP contribution < -0.4 is 10.4 Å². The van der Waals surface area contributed by atoms with Crippen molar-refractivity contribution in [2.75, 3.05) is 5.32 Å². The van der Waals surface area contributed by atoms with Gasteiger partial charge in [-0.25, -0.2) is 0 Å². The number of anilines is 1. The van der Waals surface area contributed by atoms with Crippen LogP contribution in [0.5, 0.6) is 0 Å². The molecule has 0 spiro atoms. The molecule has 1 unspecified atom stereocenters. The Morgan fingerprint density at radius 2 is 2.31 bits per heavy atom. The summed E-state index contributed by atoms with van der Waals surface area (Å²) < 4.78 is 0. The van der Waals surface area contributed by atoms with Gasteiger partial charge in [0.1, 0.15) is 11.4 Å². The molecule has 1 saturated carbocycles. The Bertz CT molecular complexity index is 301. The fraction of sp³-hybridized carbons (Fsp3) is 0.700. The average Bonchev–Trinajstić information content (AvgIpc) is 2.83. The number of nitrogens with one attached hydrogen (secondary N) is 3. The highest BCUT2D eigenvalue weighted by atomic mass is 15.1. The molecule has 2 aliphatic rings. The van der Waals surface area contributed by atoms with Gasteiger partial charge in [0.15, 0.2) is 0 Å². The molecule has 2 heterocycles. The van der Waals surface area contributed by atoms with E-state index in [1.165, 1.54) is 43.5 Å². The summed E-state index contributed by atoms with van der Waals surface area (Å²) in [5.74, 6) is 1.03. The molecule has 3 rings (SSSR count). The predicted molar refractivity (Wildman–Crippen MR) is 50.4 cm³/mol. The first-order chi connectivity index (χ1) is 6.42. The van der Waals surface area contributed by atoms with Gasteiger partial charge in [-0.3, -0.25) is 0 Å². The van der Waals surface area contributed by atoms with Crippen LogP contribution in [0.3, 0.4) is 0 Å². The zero-order chi connectivity index (χ0) is 8.67. The maximum atomic E-state index is 3.59. The molecular formula is C10H16N3+. The average molecular weight is 178 g/mol. The lowest BCUT2D eigenvalue weighted by molar-refractivity contribution is -0.449. The quantitative estimate of drug-likeness (QED) is 0.705. The molecule has 1 aromatic rings. The number of hydrogen-bond donors (Lipinski definition) is 2. The summed E-state index contributed by atoms with van der Waals surface area (Å²) in [7, 11) is 0. The molecule has 70 valence electrons. The fourth-order valence-corrected chi connectivity index (χ4v) is 2.22. The molecule has 3 N–H and O–H groups in total. The van der Waals surface area contributed by atoms with E-state index in [0.29, 0.717) is 0 Å². The van der Waals surface area contributed by atoms with Crippen LogP contribution in [0.1, 0.15) is 31.4 Å². The second kappa shape index (κ2) is 2.76. The molecule has 1 aromatic heterocycles. The van der Waals surface area contributed by atoms with Crippen molar-refractivity contribution < 1.29 is 5.10 Å². The van der Waals surface area contributed by atoms with E-state index >= 15 is 0 Å². The minimum Gasteiger partial charge on any atom is -0.376 e. The lowest BCUT2D eigenvalue weighted by atomic mass is 9.99. The highest BCUT2D eigenvalue weighted by Gasteiger charge is 2.28. The summed E-state index contributed by atoms with van der Waals surface area (Å²) >= 11 is 0. The number of H-pyrrole nitrogens is 2. The van der Waals surface area contributed by atoms with Crippen LogP contribution in [0.4, 0.5) is 5.69 Å². The fourth-order valence-electron chi connectivity index (χ4n) is 2.22. The van der Waals surface area contributed by atoms with E-state index in [4.69, 9.17) is 0 Å². The van der Waals surface area contributed by atoms with E-state index in [0.717, 1.165) is 12.0 Å².